The molecule has 0 spiro atoms. The zero-order chi connectivity index (χ0) is 9.10. The summed E-state index contributed by atoms with van der Waals surface area (Å²) in [6.07, 6.45) is 9.54. The van der Waals surface area contributed by atoms with Gasteiger partial charge in [0.05, 0.1) is 11.5 Å². The third-order valence-corrected chi connectivity index (χ3v) is 3.87. The van der Waals surface area contributed by atoms with Crippen LogP contribution in [-0.4, -0.2) is 18.1 Å². The molecule has 0 amide bonds. The van der Waals surface area contributed by atoms with Crippen molar-refractivity contribution in [1.82, 2.24) is 0 Å². The molecule has 0 N–H and O–H groups in total. The minimum atomic E-state index is 0.289. The summed E-state index contributed by atoms with van der Waals surface area (Å²) >= 11 is 6.29. The molecule has 0 bridgehead atoms. The predicted octanol–water partition coefficient (Wildman–Crippen LogP) is 3.35. The highest BCUT2D eigenvalue weighted by atomic mass is 35.5. The zero-order valence-corrected chi connectivity index (χ0v) is 8.93. The summed E-state index contributed by atoms with van der Waals surface area (Å²) in [4.78, 5) is 0. The number of halogens is 1. The number of alkyl halides is 1. The summed E-state index contributed by atoms with van der Waals surface area (Å²) in [6.45, 7) is 0.935. The van der Waals surface area contributed by atoms with E-state index in [0.29, 0.717) is 6.10 Å². The van der Waals surface area contributed by atoms with Crippen LogP contribution in [0.2, 0.25) is 0 Å². The van der Waals surface area contributed by atoms with Crippen molar-refractivity contribution < 1.29 is 4.74 Å². The average Bonchev–Trinajstić information content (AvgIpc) is 2.20. The molecule has 2 rings (SSSR count). The van der Waals surface area contributed by atoms with E-state index >= 15 is 0 Å². The fraction of sp³-hybridized carbons (Fsp3) is 1.00. The van der Waals surface area contributed by atoms with Gasteiger partial charge in [-0.25, -0.2) is 0 Å². The summed E-state index contributed by atoms with van der Waals surface area (Å²) in [5.41, 5.74) is 0. The van der Waals surface area contributed by atoms with Crippen LogP contribution in [0, 0.1) is 5.92 Å². The van der Waals surface area contributed by atoms with Crippen molar-refractivity contribution in [2.45, 2.75) is 56.4 Å². The van der Waals surface area contributed by atoms with Gasteiger partial charge < -0.3 is 4.74 Å². The topological polar surface area (TPSA) is 9.23 Å². The molecule has 2 heteroatoms. The molecule has 1 nitrogen and oxygen atoms in total. The van der Waals surface area contributed by atoms with Crippen LogP contribution in [0.1, 0.15) is 44.9 Å². The molecule has 0 aromatic carbocycles. The van der Waals surface area contributed by atoms with Crippen LogP contribution >= 0.6 is 11.6 Å². The summed E-state index contributed by atoms with van der Waals surface area (Å²) < 4.78 is 5.80. The van der Waals surface area contributed by atoms with Crippen LogP contribution in [0.3, 0.4) is 0 Å². The van der Waals surface area contributed by atoms with Gasteiger partial charge >= 0.3 is 0 Å². The second kappa shape index (κ2) is 4.65. The SMILES string of the molecule is Cl[C@@H]1CCCO[C@H]1C1CCCCC1. The third kappa shape index (κ3) is 2.38. The Morgan fingerprint density at radius 1 is 0.923 bits per heavy atom. The molecule has 0 aromatic rings. The Hall–Kier alpha value is 0.250. The van der Waals surface area contributed by atoms with Gasteiger partial charge in [-0.15, -0.1) is 11.6 Å². The molecule has 2 atom stereocenters. The van der Waals surface area contributed by atoms with Crippen molar-refractivity contribution in [2.24, 2.45) is 5.92 Å². The van der Waals surface area contributed by atoms with Gasteiger partial charge in [-0.2, -0.15) is 0 Å². The van der Waals surface area contributed by atoms with Gasteiger partial charge in [0.1, 0.15) is 0 Å². The molecule has 2 fully saturated rings. The Balaban J connectivity index is 1.88. The molecular formula is C11H19ClO. The maximum atomic E-state index is 6.29. The standard InChI is InChI=1S/C11H19ClO/c12-10-7-4-8-13-11(10)9-5-2-1-3-6-9/h9-11H,1-8H2/t10-,11+/m1/s1. The Morgan fingerprint density at radius 3 is 2.38 bits per heavy atom. The number of ether oxygens (including phenoxy) is 1. The molecule has 0 radical (unpaired) electrons. The van der Waals surface area contributed by atoms with Crippen LogP contribution in [0.15, 0.2) is 0 Å². The van der Waals surface area contributed by atoms with Gasteiger partial charge in [0.2, 0.25) is 0 Å². The zero-order valence-electron chi connectivity index (χ0n) is 8.18. The van der Waals surface area contributed by atoms with Crippen LogP contribution in [0.4, 0.5) is 0 Å². The maximum Gasteiger partial charge on any atom is 0.0766 e. The summed E-state index contributed by atoms with van der Waals surface area (Å²) in [5.74, 6) is 0.761. The van der Waals surface area contributed by atoms with Gasteiger partial charge in [0, 0.05) is 6.61 Å². The van der Waals surface area contributed by atoms with E-state index in [1.54, 1.807) is 0 Å². The second-order valence-electron chi connectivity index (χ2n) is 4.39. The van der Waals surface area contributed by atoms with Gasteiger partial charge in [0.25, 0.3) is 0 Å². The van der Waals surface area contributed by atoms with E-state index in [1.807, 2.05) is 0 Å². The van der Waals surface area contributed by atoms with Crippen LogP contribution < -0.4 is 0 Å². The van der Waals surface area contributed by atoms with E-state index in [1.165, 1.54) is 32.1 Å². The summed E-state index contributed by atoms with van der Waals surface area (Å²) in [6, 6.07) is 0. The molecule has 1 saturated heterocycles. The molecule has 13 heavy (non-hydrogen) atoms. The molecule has 1 saturated carbocycles. The van der Waals surface area contributed by atoms with Crippen molar-refractivity contribution in [3.8, 4) is 0 Å². The quantitative estimate of drug-likeness (QED) is 0.593. The monoisotopic (exact) mass is 202 g/mol. The second-order valence-corrected chi connectivity index (χ2v) is 4.95. The first kappa shape index (κ1) is 9.79. The van der Waals surface area contributed by atoms with Crippen LogP contribution in [0.5, 0.6) is 0 Å². The first-order chi connectivity index (χ1) is 6.38. The molecule has 76 valence electrons. The Kier molecular flexibility index (Phi) is 3.51. The van der Waals surface area contributed by atoms with Crippen molar-refractivity contribution in [1.29, 1.82) is 0 Å². The highest BCUT2D eigenvalue weighted by molar-refractivity contribution is 6.21. The molecule has 2 aliphatic rings. The smallest absolute Gasteiger partial charge is 0.0766 e. The minimum absolute atomic E-state index is 0.289. The van der Waals surface area contributed by atoms with Crippen LogP contribution in [-0.2, 0) is 4.74 Å². The summed E-state index contributed by atoms with van der Waals surface area (Å²) in [7, 11) is 0. The van der Waals surface area contributed by atoms with Gasteiger partial charge in [-0.1, -0.05) is 19.3 Å². The van der Waals surface area contributed by atoms with E-state index in [-0.39, 0.29) is 5.38 Å². The highest BCUT2D eigenvalue weighted by Crippen LogP contribution is 2.34. The lowest BCUT2D eigenvalue weighted by molar-refractivity contribution is -0.0271. The van der Waals surface area contributed by atoms with E-state index in [9.17, 15) is 0 Å². The fourth-order valence-electron chi connectivity index (χ4n) is 2.66. The van der Waals surface area contributed by atoms with E-state index < -0.39 is 0 Å². The van der Waals surface area contributed by atoms with Gasteiger partial charge in [-0.05, 0) is 31.6 Å². The normalized spacial score (nSPS) is 37.6. The maximum absolute atomic E-state index is 6.29. The molecule has 0 aromatic heterocycles. The Bertz CT molecular complexity index is 154. The number of hydrogen-bond donors (Lipinski definition) is 0. The Labute approximate surface area is 85.8 Å². The van der Waals surface area contributed by atoms with Crippen molar-refractivity contribution in [2.75, 3.05) is 6.61 Å². The molecular weight excluding hydrogens is 184 g/mol. The molecule has 0 unspecified atom stereocenters. The predicted molar refractivity (Wildman–Crippen MR) is 55.2 cm³/mol. The van der Waals surface area contributed by atoms with E-state index in [0.717, 1.165) is 25.4 Å². The van der Waals surface area contributed by atoms with Crippen LogP contribution in [0.25, 0.3) is 0 Å². The van der Waals surface area contributed by atoms with E-state index in [2.05, 4.69) is 0 Å². The molecule has 1 heterocycles. The highest BCUT2D eigenvalue weighted by Gasteiger charge is 2.32. The van der Waals surface area contributed by atoms with Crippen molar-refractivity contribution in [3.63, 3.8) is 0 Å². The lowest BCUT2D eigenvalue weighted by Gasteiger charge is -2.36. The average molecular weight is 203 g/mol. The number of hydrogen-bond acceptors (Lipinski definition) is 1. The molecule has 1 aliphatic carbocycles. The third-order valence-electron chi connectivity index (χ3n) is 3.41. The largest absolute Gasteiger partial charge is 0.376 e. The Morgan fingerprint density at radius 2 is 1.69 bits per heavy atom. The van der Waals surface area contributed by atoms with Gasteiger partial charge in [0.15, 0.2) is 0 Å². The van der Waals surface area contributed by atoms with Crippen molar-refractivity contribution in [3.05, 3.63) is 0 Å². The first-order valence-electron chi connectivity index (χ1n) is 5.63. The molecule has 1 aliphatic heterocycles. The number of rotatable bonds is 1. The lowest BCUT2D eigenvalue weighted by Crippen LogP contribution is -2.37. The summed E-state index contributed by atoms with van der Waals surface area (Å²) in [5, 5.41) is 0.289. The minimum Gasteiger partial charge on any atom is -0.376 e. The first-order valence-corrected chi connectivity index (χ1v) is 6.07. The lowest BCUT2D eigenvalue weighted by atomic mass is 9.82. The fourth-order valence-corrected chi connectivity index (χ4v) is 3.09. The van der Waals surface area contributed by atoms with Crippen molar-refractivity contribution >= 4 is 11.6 Å². The van der Waals surface area contributed by atoms with E-state index in [4.69, 9.17) is 16.3 Å². The van der Waals surface area contributed by atoms with Gasteiger partial charge in [-0.3, -0.25) is 0 Å².